The third-order valence-electron chi connectivity index (χ3n) is 5.17. The Balaban J connectivity index is 1.62. The smallest absolute Gasteiger partial charge is 0.345 e. The van der Waals surface area contributed by atoms with Crippen molar-refractivity contribution in [2.24, 2.45) is 14.1 Å². The average Bonchev–Trinajstić information content (AvgIpc) is 3.43. The number of hydrogen-bond donors (Lipinski definition) is 0. The molecule has 0 spiro atoms. The fraction of sp³-hybridized carbons (Fsp3) is 0.389. The fourth-order valence-corrected chi connectivity index (χ4v) is 3.74. The van der Waals surface area contributed by atoms with Crippen LogP contribution >= 0.6 is 0 Å². The van der Waals surface area contributed by atoms with Crippen LogP contribution in [-0.2, 0) is 27.1 Å². The van der Waals surface area contributed by atoms with Gasteiger partial charge in [0, 0.05) is 39.0 Å². The first-order chi connectivity index (χ1) is 13.5. The number of aromatic nitrogens is 8. The molecule has 5 heterocycles. The van der Waals surface area contributed by atoms with Gasteiger partial charge in [-0.05, 0) is 25.5 Å². The van der Waals surface area contributed by atoms with Crippen LogP contribution in [0.1, 0.15) is 29.7 Å². The van der Waals surface area contributed by atoms with Gasteiger partial charge in [0.2, 0.25) is 5.82 Å². The molecule has 144 valence electrons. The first-order valence-electron chi connectivity index (χ1n) is 9.16. The predicted molar refractivity (Wildman–Crippen MR) is 99.1 cm³/mol. The quantitative estimate of drug-likeness (QED) is 0.529. The average molecular weight is 380 g/mol. The summed E-state index contributed by atoms with van der Waals surface area (Å²) in [5.41, 5.74) is -0.104. The number of aryl methyl sites for hydroxylation is 4. The van der Waals surface area contributed by atoms with Crippen LogP contribution < -0.4 is 5.69 Å². The number of nitrogens with zero attached hydrogens (tertiary/aromatic N) is 8. The van der Waals surface area contributed by atoms with E-state index >= 15 is 0 Å². The molecular formula is C18H20N8O2. The van der Waals surface area contributed by atoms with Crippen molar-refractivity contribution in [3.05, 3.63) is 52.3 Å². The van der Waals surface area contributed by atoms with E-state index in [9.17, 15) is 4.79 Å². The normalized spacial score (nSPS) is 16.5. The van der Waals surface area contributed by atoms with Crippen LogP contribution in [0.3, 0.4) is 0 Å². The highest BCUT2D eigenvalue weighted by Crippen LogP contribution is 2.30. The summed E-state index contributed by atoms with van der Waals surface area (Å²) in [6.45, 7) is 2.41. The van der Waals surface area contributed by atoms with Crippen molar-refractivity contribution >= 4 is 0 Å². The molecule has 0 aromatic carbocycles. The van der Waals surface area contributed by atoms with Crippen LogP contribution in [0.2, 0.25) is 0 Å². The summed E-state index contributed by atoms with van der Waals surface area (Å²) >= 11 is 0. The van der Waals surface area contributed by atoms with E-state index in [4.69, 9.17) is 14.5 Å². The molecule has 1 unspecified atom stereocenters. The predicted octanol–water partition coefficient (Wildman–Crippen LogP) is 1.19. The van der Waals surface area contributed by atoms with Crippen LogP contribution in [0, 0.1) is 6.92 Å². The van der Waals surface area contributed by atoms with Gasteiger partial charge in [-0.2, -0.15) is 14.9 Å². The van der Waals surface area contributed by atoms with Crippen LogP contribution in [0.15, 0.2) is 33.6 Å². The monoisotopic (exact) mass is 380 g/mol. The lowest BCUT2D eigenvalue weighted by Crippen LogP contribution is -2.30. The standard InChI is InChI=1S/C18H20N8O2/c1-11-4-6-13(28-11)16-20-17(26(22-16)15-8-9-19-23(15)2)12-5-7-14-21-24(3)18(27)25(14)10-12/h4,6,8-9,12H,5,7,10H2,1-3H3. The Morgan fingerprint density at radius 1 is 1.14 bits per heavy atom. The summed E-state index contributed by atoms with van der Waals surface area (Å²) in [5.74, 6) is 4.38. The lowest BCUT2D eigenvalue weighted by molar-refractivity contribution is 0.424. The zero-order valence-electron chi connectivity index (χ0n) is 15.9. The van der Waals surface area contributed by atoms with E-state index < -0.39 is 0 Å². The molecule has 4 aromatic heterocycles. The van der Waals surface area contributed by atoms with Gasteiger partial charge in [0.15, 0.2) is 11.6 Å². The maximum atomic E-state index is 12.4. The molecule has 10 nitrogen and oxygen atoms in total. The highest BCUT2D eigenvalue weighted by molar-refractivity contribution is 5.47. The van der Waals surface area contributed by atoms with Crippen molar-refractivity contribution in [3.8, 4) is 17.4 Å². The second-order valence-electron chi connectivity index (χ2n) is 7.10. The first kappa shape index (κ1) is 16.7. The van der Waals surface area contributed by atoms with Gasteiger partial charge in [0.25, 0.3) is 0 Å². The SMILES string of the molecule is Cc1ccc(-c2nc(C3CCc4nn(C)c(=O)n4C3)n(-c3ccnn3C)n2)o1. The van der Waals surface area contributed by atoms with Gasteiger partial charge in [-0.1, -0.05) is 0 Å². The molecule has 5 rings (SSSR count). The molecule has 0 aliphatic carbocycles. The summed E-state index contributed by atoms with van der Waals surface area (Å²) in [5, 5.41) is 13.3. The third-order valence-corrected chi connectivity index (χ3v) is 5.17. The largest absolute Gasteiger partial charge is 0.458 e. The van der Waals surface area contributed by atoms with E-state index in [1.807, 2.05) is 32.2 Å². The van der Waals surface area contributed by atoms with Gasteiger partial charge < -0.3 is 4.42 Å². The molecule has 1 atom stereocenters. The number of fused-ring (bicyclic) bond motifs is 1. The molecule has 0 amide bonds. The lowest BCUT2D eigenvalue weighted by Gasteiger charge is -2.22. The topological polar surface area (TPSA) is 101 Å². The van der Waals surface area contributed by atoms with E-state index in [2.05, 4.69) is 10.2 Å². The second-order valence-corrected chi connectivity index (χ2v) is 7.10. The van der Waals surface area contributed by atoms with Crippen LogP contribution in [0.25, 0.3) is 17.4 Å². The number of hydrogen-bond acceptors (Lipinski definition) is 6. The van der Waals surface area contributed by atoms with Crippen molar-refractivity contribution in [1.29, 1.82) is 0 Å². The number of furan rings is 1. The van der Waals surface area contributed by atoms with E-state index in [1.165, 1.54) is 4.68 Å². The molecule has 0 saturated heterocycles. The molecule has 28 heavy (non-hydrogen) atoms. The van der Waals surface area contributed by atoms with E-state index in [1.54, 1.807) is 27.2 Å². The van der Waals surface area contributed by atoms with Crippen molar-refractivity contribution in [2.75, 3.05) is 0 Å². The Labute approximate surface area is 160 Å². The van der Waals surface area contributed by atoms with Crippen molar-refractivity contribution in [3.63, 3.8) is 0 Å². The third kappa shape index (κ3) is 2.52. The Morgan fingerprint density at radius 3 is 2.71 bits per heavy atom. The van der Waals surface area contributed by atoms with E-state index in [-0.39, 0.29) is 11.6 Å². The maximum absolute atomic E-state index is 12.4. The van der Waals surface area contributed by atoms with E-state index in [0.717, 1.165) is 29.6 Å². The Kier molecular flexibility index (Phi) is 3.61. The highest BCUT2D eigenvalue weighted by atomic mass is 16.3. The molecule has 0 radical (unpaired) electrons. The summed E-state index contributed by atoms with van der Waals surface area (Å²) < 4.78 is 12.4. The zero-order chi connectivity index (χ0) is 19.4. The van der Waals surface area contributed by atoms with Gasteiger partial charge in [0.05, 0.1) is 6.20 Å². The van der Waals surface area contributed by atoms with Gasteiger partial charge in [-0.25, -0.2) is 14.5 Å². The van der Waals surface area contributed by atoms with E-state index in [0.29, 0.717) is 24.6 Å². The minimum Gasteiger partial charge on any atom is -0.458 e. The molecule has 0 bridgehead atoms. The first-order valence-corrected chi connectivity index (χ1v) is 9.16. The fourth-order valence-electron chi connectivity index (χ4n) is 3.74. The maximum Gasteiger partial charge on any atom is 0.345 e. The molecule has 0 N–H and O–H groups in total. The molecule has 0 saturated carbocycles. The summed E-state index contributed by atoms with van der Waals surface area (Å²) in [7, 11) is 3.54. The van der Waals surface area contributed by atoms with Crippen LogP contribution in [0.5, 0.6) is 0 Å². The van der Waals surface area contributed by atoms with Gasteiger partial charge in [0.1, 0.15) is 17.4 Å². The van der Waals surface area contributed by atoms with Crippen LogP contribution in [-0.4, -0.2) is 38.9 Å². The molecule has 1 aliphatic heterocycles. The molecule has 1 aliphatic rings. The lowest BCUT2D eigenvalue weighted by atomic mass is 9.98. The Morgan fingerprint density at radius 2 is 2.00 bits per heavy atom. The minimum absolute atomic E-state index is 0.0293. The molecule has 0 fully saturated rings. The van der Waals surface area contributed by atoms with Gasteiger partial charge in [-0.3, -0.25) is 9.25 Å². The number of rotatable bonds is 3. The van der Waals surface area contributed by atoms with Gasteiger partial charge >= 0.3 is 5.69 Å². The van der Waals surface area contributed by atoms with Crippen molar-refractivity contribution in [1.82, 2.24) is 38.9 Å². The Bertz CT molecular complexity index is 1220. The summed E-state index contributed by atoms with van der Waals surface area (Å²) in [6, 6.07) is 5.65. The van der Waals surface area contributed by atoms with Gasteiger partial charge in [-0.15, -0.1) is 5.10 Å². The van der Waals surface area contributed by atoms with Crippen molar-refractivity contribution < 1.29 is 4.42 Å². The van der Waals surface area contributed by atoms with Crippen molar-refractivity contribution in [2.45, 2.75) is 32.2 Å². The van der Waals surface area contributed by atoms with Crippen LogP contribution in [0.4, 0.5) is 0 Å². The zero-order valence-corrected chi connectivity index (χ0v) is 15.9. The Hall–Kier alpha value is -3.43. The molecule has 4 aromatic rings. The molecule has 10 heteroatoms. The second kappa shape index (κ2) is 6.04. The summed E-state index contributed by atoms with van der Waals surface area (Å²) in [4.78, 5) is 17.2. The highest BCUT2D eigenvalue weighted by Gasteiger charge is 2.29. The minimum atomic E-state index is -0.104. The summed E-state index contributed by atoms with van der Waals surface area (Å²) in [6.07, 6.45) is 3.28. The molecular weight excluding hydrogens is 360 g/mol.